The van der Waals surface area contributed by atoms with Crippen molar-refractivity contribution in [3.8, 4) is 0 Å². The molecule has 0 aliphatic heterocycles. The fourth-order valence-corrected chi connectivity index (χ4v) is 3.65. The van der Waals surface area contributed by atoms with E-state index in [0.29, 0.717) is 5.39 Å². The first kappa shape index (κ1) is 27.6. The average Bonchev–Trinajstić information content (AvgIpc) is 3.20. The van der Waals surface area contributed by atoms with Crippen LogP contribution in [0.1, 0.15) is 18.5 Å². The van der Waals surface area contributed by atoms with Gasteiger partial charge in [0.15, 0.2) is 6.10 Å². The second kappa shape index (κ2) is 11.9. The molecule has 0 fully saturated rings. The van der Waals surface area contributed by atoms with Gasteiger partial charge in [0, 0.05) is 31.4 Å². The van der Waals surface area contributed by atoms with E-state index >= 15 is 0 Å². The number of hydrogen-bond acceptors (Lipinski definition) is 6. The quantitative estimate of drug-likeness (QED) is 0.359. The van der Waals surface area contributed by atoms with E-state index in [4.69, 9.17) is 10.5 Å². The van der Waals surface area contributed by atoms with Crippen LogP contribution in [0.5, 0.6) is 0 Å². The molecule has 4 N–H and O–H groups in total. The van der Waals surface area contributed by atoms with Crippen LogP contribution in [0.2, 0.25) is 0 Å². The van der Waals surface area contributed by atoms with Crippen molar-refractivity contribution in [2.45, 2.75) is 25.5 Å². The summed E-state index contributed by atoms with van der Waals surface area (Å²) in [6.07, 6.45) is 0.744. The predicted molar refractivity (Wildman–Crippen MR) is 135 cm³/mol. The van der Waals surface area contributed by atoms with Gasteiger partial charge in [-0.3, -0.25) is 14.4 Å². The summed E-state index contributed by atoms with van der Waals surface area (Å²) in [4.78, 5) is 62.0. The SMILES string of the molecule is CN(C)C(=O)O[C@@H](CC/C=C/C(N)=O)C(=O)Nc1cccn(Cc2cc3cc(F)ccc3n2C(=O)O)c1=O. The van der Waals surface area contributed by atoms with E-state index in [1.165, 1.54) is 61.3 Å². The number of fused-ring (bicyclic) bond motifs is 1. The van der Waals surface area contributed by atoms with Crippen molar-refractivity contribution in [1.29, 1.82) is 0 Å². The van der Waals surface area contributed by atoms with Crippen molar-refractivity contribution >= 4 is 40.6 Å². The lowest BCUT2D eigenvalue weighted by Gasteiger charge is -2.19. The van der Waals surface area contributed by atoms with Crippen LogP contribution in [0.4, 0.5) is 19.7 Å². The normalized spacial score (nSPS) is 11.9. The molecule has 0 saturated heterocycles. The molecule has 1 aromatic carbocycles. The Hall–Kier alpha value is -4.94. The number of primary amides is 1. The van der Waals surface area contributed by atoms with Crippen LogP contribution in [-0.2, 0) is 20.9 Å². The molecule has 0 aliphatic rings. The number of aromatic nitrogens is 2. The number of rotatable bonds is 9. The number of carboxylic acid groups (broad SMARTS) is 1. The Morgan fingerprint density at radius 3 is 2.61 bits per heavy atom. The van der Waals surface area contributed by atoms with E-state index in [-0.39, 0.29) is 36.3 Å². The highest BCUT2D eigenvalue weighted by atomic mass is 19.1. The first-order chi connectivity index (χ1) is 18.0. The number of nitrogens with zero attached hydrogens (tertiary/aromatic N) is 3. The number of hydrogen-bond donors (Lipinski definition) is 3. The summed E-state index contributed by atoms with van der Waals surface area (Å²) in [7, 11) is 2.87. The molecule has 0 bridgehead atoms. The lowest BCUT2D eigenvalue weighted by molar-refractivity contribution is -0.125. The third kappa shape index (κ3) is 6.63. The molecule has 13 heteroatoms. The standard InChI is InChI=1S/C25H26FN5O7/c1-29(2)25(37)38-20(7-3-4-8-21(27)32)22(33)28-18-6-5-11-30(23(18)34)14-17-13-15-12-16(26)9-10-19(15)31(17)24(35)36/h4-6,8-13,20H,3,7,14H2,1-2H3,(H2,27,32)(H,28,33)(H,35,36)/b8-4+/t20-/m0/s1. The second-order valence-corrected chi connectivity index (χ2v) is 8.45. The minimum Gasteiger partial charge on any atom is -0.464 e. The van der Waals surface area contributed by atoms with E-state index in [1.54, 1.807) is 0 Å². The van der Waals surface area contributed by atoms with Gasteiger partial charge in [0.05, 0.1) is 12.1 Å². The zero-order valence-electron chi connectivity index (χ0n) is 20.6. The highest BCUT2D eigenvalue weighted by Crippen LogP contribution is 2.22. The van der Waals surface area contributed by atoms with Crippen molar-refractivity contribution in [2.24, 2.45) is 5.73 Å². The van der Waals surface area contributed by atoms with Crippen molar-refractivity contribution < 1.29 is 33.4 Å². The van der Waals surface area contributed by atoms with E-state index < -0.39 is 41.5 Å². The molecule has 0 spiro atoms. The number of amides is 3. The molecule has 0 radical (unpaired) electrons. The van der Waals surface area contributed by atoms with Crippen molar-refractivity contribution in [1.82, 2.24) is 14.0 Å². The number of carbonyl (C=O) groups excluding carboxylic acids is 3. The van der Waals surface area contributed by atoms with Crippen LogP contribution in [0.15, 0.2) is 59.5 Å². The zero-order valence-corrected chi connectivity index (χ0v) is 20.6. The number of halogens is 1. The molecule has 3 amide bonds. The maximum absolute atomic E-state index is 13.7. The highest BCUT2D eigenvalue weighted by molar-refractivity contribution is 5.95. The largest absolute Gasteiger partial charge is 0.464 e. The average molecular weight is 528 g/mol. The van der Waals surface area contributed by atoms with E-state index in [1.807, 2.05) is 0 Å². The van der Waals surface area contributed by atoms with Crippen LogP contribution in [-0.4, -0.2) is 63.3 Å². The molecule has 3 rings (SSSR count). The van der Waals surface area contributed by atoms with Gasteiger partial charge in [-0.1, -0.05) is 6.08 Å². The van der Waals surface area contributed by atoms with Gasteiger partial charge >= 0.3 is 12.2 Å². The number of anilines is 1. The molecular weight excluding hydrogens is 501 g/mol. The van der Waals surface area contributed by atoms with Crippen LogP contribution in [0.3, 0.4) is 0 Å². The smallest absolute Gasteiger partial charge is 0.416 e. The summed E-state index contributed by atoms with van der Waals surface area (Å²) >= 11 is 0. The number of ether oxygens (including phenoxy) is 1. The third-order valence-electron chi connectivity index (χ3n) is 5.42. The highest BCUT2D eigenvalue weighted by Gasteiger charge is 2.24. The Labute approximate surface area is 215 Å². The Morgan fingerprint density at radius 2 is 1.95 bits per heavy atom. The van der Waals surface area contributed by atoms with Crippen molar-refractivity contribution in [3.63, 3.8) is 0 Å². The van der Waals surface area contributed by atoms with Gasteiger partial charge in [-0.2, -0.15) is 0 Å². The second-order valence-electron chi connectivity index (χ2n) is 8.45. The fraction of sp³-hybridized carbons (Fsp3) is 0.240. The summed E-state index contributed by atoms with van der Waals surface area (Å²) in [6, 6.07) is 7.93. The van der Waals surface area contributed by atoms with Crippen LogP contribution in [0.25, 0.3) is 10.9 Å². The number of benzene rings is 1. The van der Waals surface area contributed by atoms with Gasteiger partial charge in [0.2, 0.25) is 5.91 Å². The van der Waals surface area contributed by atoms with E-state index in [9.17, 15) is 33.5 Å². The van der Waals surface area contributed by atoms with Gasteiger partial charge in [0.1, 0.15) is 11.5 Å². The van der Waals surface area contributed by atoms with Gasteiger partial charge in [-0.05, 0) is 55.3 Å². The third-order valence-corrected chi connectivity index (χ3v) is 5.42. The summed E-state index contributed by atoms with van der Waals surface area (Å²) < 4.78 is 21.0. The molecular formula is C25H26FN5O7. The van der Waals surface area contributed by atoms with Crippen LogP contribution < -0.4 is 16.6 Å². The van der Waals surface area contributed by atoms with Crippen LogP contribution in [0, 0.1) is 5.82 Å². The van der Waals surface area contributed by atoms with Gasteiger partial charge < -0.3 is 30.4 Å². The molecule has 2 aromatic heterocycles. The van der Waals surface area contributed by atoms with Crippen molar-refractivity contribution in [2.75, 3.05) is 19.4 Å². The Balaban J connectivity index is 1.86. The number of carbonyl (C=O) groups is 4. The lowest BCUT2D eigenvalue weighted by Crippen LogP contribution is -2.37. The Bertz CT molecular complexity index is 1470. The summed E-state index contributed by atoms with van der Waals surface area (Å²) in [5.74, 6) is -1.99. The minimum absolute atomic E-state index is 0.00545. The molecule has 0 saturated carbocycles. The summed E-state index contributed by atoms with van der Waals surface area (Å²) in [5, 5.41) is 12.5. The Kier molecular flexibility index (Phi) is 8.63. The zero-order chi connectivity index (χ0) is 28.0. The molecule has 2 heterocycles. The van der Waals surface area contributed by atoms with Gasteiger partial charge in [-0.15, -0.1) is 0 Å². The maximum atomic E-state index is 13.7. The monoisotopic (exact) mass is 527 g/mol. The van der Waals surface area contributed by atoms with Crippen molar-refractivity contribution in [3.05, 3.63) is 76.6 Å². The van der Waals surface area contributed by atoms with Crippen LogP contribution >= 0.6 is 0 Å². The molecule has 0 unspecified atom stereocenters. The molecule has 38 heavy (non-hydrogen) atoms. The predicted octanol–water partition coefficient (Wildman–Crippen LogP) is 2.34. The van der Waals surface area contributed by atoms with E-state index in [0.717, 1.165) is 21.6 Å². The first-order valence-corrected chi connectivity index (χ1v) is 11.4. The number of pyridine rings is 1. The van der Waals surface area contributed by atoms with E-state index in [2.05, 4.69) is 5.32 Å². The molecule has 0 aliphatic carbocycles. The lowest BCUT2D eigenvalue weighted by atomic mass is 10.1. The number of allylic oxidation sites excluding steroid dienone is 1. The maximum Gasteiger partial charge on any atom is 0.416 e. The first-order valence-electron chi connectivity index (χ1n) is 11.4. The fourth-order valence-electron chi connectivity index (χ4n) is 3.65. The molecule has 1 atom stereocenters. The topological polar surface area (TPSA) is 166 Å². The van der Waals surface area contributed by atoms with Gasteiger partial charge in [-0.25, -0.2) is 18.5 Å². The summed E-state index contributed by atoms with van der Waals surface area (Å²) in [5.41, 5.74) is 4.71. The molecule has 3 aromatic rings. The minimum atomic E-state index is -1.31. The summed E-state index contributed by atoms with van der Waals surface area (Å²) in [6.45, 7) is -0.192. The Morgan fingerprint density at radius 1 is 1.21 bits per heavy atom. The molecule has 12 nitrogen and oxygen atoms in total. The van der Waals surface area contributed by atoms with Gasteiger partial charge in [0.25, 0.3) is 11.5 Å². The molecule has 200 valence electrons. The number of nitrogens with two attached hydrogens (primary N) is 1. The number of nitrogens with one attached hydrogen (secondary N) is 1.